The molecule has 0 unspecified atom stereocenters. The minimum Gasteiger partial charge on any atom is -0.462 e. The second-order valence-corrected chi connectivity index (χ2v) is 8.26. The van der Waals surface area contributed by atoms with Crippen molar-refractivity contribution in [3.05, 3.63) is 55.4 Å². The molecule has 0 radical (unpaired) electrons. The molecule has 8 nitrogen and oxygen atoms in total. The maximum atomic E-state index is 12.6. The van der Waals surface area contributed by atoms with Crippen LogP contribution < -0.4 is 10.6 Å². The molecule has 10 heteroatoms. The fourth-order valence-corrected chi connectivity index (χ4v) is 4.99. The number of thiophene rings is 1. The highest BCUT2D eigenvalue weighted by molar-refractivity contribution is 7.80. The molecule has 0 fully saturated rings. The maximum absolute atomic E-state index is 12.6. The Kier molecular flexibility index (Phi) is 6.78. The first-order valence-corrected chi connectivity index (χ1v) is 10.7. The van der Waals surface area contributed by atoms with Gasteiger partial charge < -0.3 is 10.1 Å². The van der Waals surface area contributed by atoms with Crippen LogP contribution in [0.4, 0.5) is 10.7 Å². The van der Waals surface area contributed by atoms with Gasteiger partial charge in [-0.25, -0.2) is 4.79 Å². The van der Waals surface area contributed by atoms with Crippen LogP contribution >= 0.6 is 23.6 Å². The lowest BCUT2D eigenvalue weighted by atomic mass is 9.95. The Morgan fingerprint density at radius 3 is 2.73 bits per heavy atom. The van der Waals surface area contributed by atoms with Crippen LogP contribution in [0.5, 0.6) is 0 Å². The number of benzene rings is 1. The molecule has 30 heavy (non-hydrogen) atoms. The summed E-state index contributed by atoms with van der Waals surface area (Å²) in [6.07, 6.45) is 3.75. The molecule has 1 aromatic heterocycles. The van der Waals surface area contributed by atoms with Crippen LogP contribution in [0.1, 0.15) is 56.5 Å². The fraction of sp³-hybridized carbons (Fsp3) is 0.350. The van der Waals surface area contributed by atoms with Gasteiger partial charge >= 0.3 is 5.97 Å². The number of aryl methyl sites for hydroxylation is 1. The monoisotopic (exact) mass is 447 g/mol. The molecule has 0 saturated carbocycles. The second-order valence-electron chi connectivity index (χ2n) is 6.75. The fourth-order valence-electron chi connectivity index (χ4n) is 3.45. The minimum absolute atomic E-state index is 0.00931. The number of nitro benzene ring substituents is 1. The molecule has 1 aromatic carbocycles. The number of hydrogen-bond acceptors (Lipinski definition) is 7. The highest BCUT2D eigenvalue weighted by atomic mass is 32.1. The summed E-state index contributed by atoms with van der Waals surface area (Å²) < 4.78 is 5.21. The van der Waals surface area contributed by atoms with E-state index in [4.69, 9.17) is 17.0 Å². The average molecular weight is 448 g/mol. The van der Waals surface area contributed by atoms with Crippen molar-refractivity contribution in [2.45, 2.75) is 39.5 Å². The molecule has 2 aromatic rings. The number of nitro groups is 1. The molecule has 0 spiro atoms. The third-order valence-corrected chi connectivity index (χ3v) is 6.26. The molecule has 1 heterocycles. The molecule has 1 aliphatic rings. The Morgan fingerprint density at radius 2 is 2.03 bits per heavy atom. The van der Waals surface area contributed by atoms with Crippen LogP contribution in [0.15, 0.2) is 18.2 Å². The maximum Gasteiger partial charge on any atom is 0.341 e. The van der Waals surface area contributed by atoms with E-state index in [-0.39, 0.29) is 28.5 Å². The first-order valence-electron chi connectivity index (χ1n) is 9.51. The molecule has 158 valence electrons. The number of thiocarbonyl (C=S) groups is 1. The first kappa shape index (κ1) is 21.8. The zero-order chi connectivity index (χ0) is 21.8. The van der Waals surface area contributed by atoms with Gasteiger partial charge in [-0.05, 0) is 63.4 Å². The molecule has 1 amide bonds. The van der Waals surface area contributed by atoms with Crippen molar-refractivity contribution in [1.29, 1.82) is 0 Å². The molecule has 3 rings (SSSR count). The first-order chi connectivity index (χ1) is 14.3. The van der Waals surface area contributed by atoms with Crippen LogP contribution in [0.2, 0.25) is 0 Å². The third kappa shape index (κ3) is 4.49. The third-order valence-electron chi connectivity index (χ3n) is 4.85. The zero-order valence-electron chi connectivity index (χ0n) is 16.6. The Labute approximate surface area is 182 Å². The number of nitrogens with one attached hydrogen (secondary N) is 2. The lowest BCUT2D eigenvalue weighted by Crippen LogP contribution is -2.34. The summed E-state index contributed by atoms with van der Waals surface area (Å²) in [4.78, 5) is 36.8. The van der Waals surface area contributed by atoms with E-state index in [2.05, 4.69) is 10.6 Å². The number of ether oxygens (including phenoxy) is 1. The van der Waals surface area contributed by atoms with Gasteiger partial charge in [0.15, 0.2) is 5.11 Å². The van der Waals surface area contributed by atoms with Gasteiger partial charge in [0.25, 0.3) is 11.6 Å². The summed E-state index contributed by atoms with van der Waals surface area (Å²) in [5, 5.41) is 17.1. The number of amides is 1. The summed E-state index contributed by atoms with van der Waals surface area (Å²) in [6.45, 7) is 3.52. The molecule has 1 aliphatic carbocycles. The van der Waals surface area contributed by atoms with E-state index < -0.39 is 16.8 Å². The zero-order valence-corrected chi connectivity index (χ0v) is 18.2. The lowest BCUT2D eigenvalue weighted by Gasteiger charge is -2.13. The number of rotatable bonds is 5. The van der Waals surface area contributed by atoms with E-state index in [0.717, 1.165) is 36.1 Å². The lowest BCUT2D eigenvalue weighted by molar-refractivity contribution is -0.385. The smallest absolute Gasteiger partial charge is 0.341 e. The Bertz CT molecular complexity index is 1030. The van der Waals surface area contributed by atoms with Crippen molar-refractivity contribution in [2.75, 3.05) is 11.9 Å². The van der Waals surface area contributed by atoms with Crippen LogP contribution in [-0.4, -0.2) is 28.5 Å². The van der Waals surface area contributed by atoms with Crippen molar-refractivity contribution < 1.29 is 19.2 Å². The summed E-state index contributed by atoms with van der Waals surface area (Å²) in [6, 6.07) is 4.28. The quantitative estimate of drug-likeness (QED) is 0.307. The van der Waals surface area contributed by atoms with Gasteiger partial charge in [-0.2, -0.15) is 0 Å². The molecular formula is C20H21N3O5S2. The van der Waals surface area contributed by atoms with Gasteiger partial charge in [-0.15, -0.1) is 11.3 Å². The predicted octanol–water partition coefficient (Wildman–Crippen LogP) is 4.15. The molecule has 0 aliphatic heterocycles. The van der Waals surface area contributed by atoms with Gasteiger partial charge in [0.1, 0.15) is 5.00 Å². The Balaban J connectivity index is 1.81. The molecule has 0 bridgehead atoms. The summed E-state index contributed by atoms with van der Waals surface area (Å²) >= 11 is 6.71. The number of fused-ring (bicyclic) bond motifs is 1. The van der Waals surface area contributed by atoms with E-state index in [9.17, 15) is 19.7 Å². The predicted molar refractivity (Wildman–Crippen MR) is 118 cm³/mol. The van der Waals surface area contributed by atoms with E-state index >= 15 is 0 Å². The molecule has 0 saturated heterocycles. The van der Waals surface area contributed by atoms with Crippen molar-refractivity contribution in [3.8, 4) is 0 Å². The van der Waals surface area contributed by atoms with Crippen molar-refractivity contribution in [2.24, 2.45) is 0 Å². The number of nitrogens with zero attached hydrogens (tertiary/aromatic N) is 1. The Hall–Kier alpha value is -2.85. The van der Waals surface area contributed by atoms with E-state index in [1.165, 1.54) is 36.5 Å². The van der Waals surface area contributed by atoms with E-state index in [0.29, 0.717) is 10.6 Å². The van der Waals surface area contributed by atoms with E-state index in [1.807, 2.05) is 0 Å². The number of anilines is 1. The molecule has 0 atom stereocenters. The van der Waals surface area contributed by atoms with Gasteiger partial charge in [0.2, 0.25) is 0 Å². The number of carbonyl (C=O) groups excluding carboxylic acids is 2. The minimum atomic E-state index is -0.562. The number of esters is 1. The summed E-state index contributed by atoms with van der Waals surface area (Å²) in [5.74, 6) is -0.976. The number of hydrogen-bond donors (Lipinski definition) is 2. The van der Waals surface area contributed by atoms with E-state index in [1.54, 1.807) is 6.92 Å². The van der Waals surface area contributed by atoms with Crippen molar-refractivity contribution >= 4 is 51.2 Å². The van der Waals surface area contributed by atoms with Crippen LogP contribution in [0.3, 0.4) is 0 Å². The SMILES string of the molecule is CCOC(=O)c1c(NC(=S)NC(=O)c2cccc([N+](=O)[O-])c2C)sc2c1CCCC2. The van der Waals surface area contributed by atoms with Gasteiger partial charge in [-0.3, -0.25) is 20.2 Å². The molecule has 2 N–H and O–H groups in total. The van der Waals surface area contributed by atoms with Gasteiger partial charge in [0.05, 0.1) is 17.1 Å². The highest BCUT2D eigenvalue weighted by Gasteiger charge is 2.27. The topological polar surface area (TPSA) is 111 Å². The van der Waals surface area contributed by atoms with Crippen molar-refractivity contribution in [1.82, 2.24) is 5.32 Å². The van der Waals surface area contributed by atoms with Crippen LogP contribution in [0, 0.1) is 17.0 Å². The normalized spacial score (nSPS) is 12.6. The Morgan fingerprint density at radius 1 is 1.30 bits per heavy atom. The second kappa shape index (κ2) is 9.31. The summed E-state index contributed by atoms with van der Waals surface area (Å²) in [5.41, 5.74) is 1.72. The average Bonchev–Trinajstić information content (AvgIpc) is 3.05. The van der Waals surface area contributed by atoms with Crippen LogP contribution in [0.25, 0.3) is 0 Å². The summed E-state index contributed by atoms with van der Waals surface area (Å²) in [7, 11) is 0. The molecular weight excluding hydrogens is 426 g/mol. The largest absolute Gasteiger partial charge is 0.462 e. The van der Waals surface area contributed by atoms with Gasteiger partial charge in [0, 0.05) is 22.1 Å². The highest BCUT2D eigenvalue weighted by Crippen LogP contribution is 2.38. The van der Waals surface area contributed by atoms with Crippen LogP contribution in [-0.2, 0) is 17.6 Å². The standard InChI is InChI=1S/C20H21N3O5S2/c1-3-28-19(25)16-13-7-4-5-10-15(13)30-18(16)22-20(29)21-17(24)12-8-6-9-14(11(12)2)23(26)27/h6,8-9H,3-5,7,10H2,1-2H3,(H2,21,22,24,29). The van der Waals surface area contributed by atoms with Gasteiger partial charge in [-0.1, -0.05) is 6.07 Å². The number of carbonyl (C=O) groups is 2. The van der Waals surface area contributed by atoms with Crippen molar-refractivity contribution in [3.63, 3.8) is 0 Å².